The van der Waals surface area contributed by atoms with Crippen molar-refractivity contribution >= 4 is 29.4 Å². The molecule has 0 saturated carbocycles. The fourth-order valence-corrected chi connectivity index (χ4v) is 2.28. The lowest BCUT2D eigenvalue weighted by Crippen LogP contribution is -2.22. The lowest BCUT2D eigenvalue weighted by Gasteiger charge is -2.04. The number of carbonyl (C=O) groups is 1. The van der Waals surface area contributed by atoms with Gasteiger partial charge in [0.1, 0.15) is 10.8 Å². The third-order valence-corrected chi connectivity index (χ3v) is 3.55. The molecule has 0 aromatic carbocycles. The van der Waals surface area contributed by atoms with Crippen molar-refractivity contribution in [3.63, 3.8) is 0 Å². The fourth-order valence-electron chi connectivity index (χ4n) is 2.06. The van der Waals surface area contributed by atoms with Gasteiger partial charge in [-0.1, -0.05) is 17.7 Å². The molecule has 1 N–H and O–H groups in total. The monoisotopic (exact) mass is 341 g/mol. The van der Waals surface area contributed by atoms with Crippen LogP contribution in [0.25, 0.3) is 5.65 Å². The Morgan fingerprint density at radius 3 is 2.79 bits per heavy atom. The maximum Gasteiger partial charge on any atom is 0.271 e. The van der Waals surface area contributed by atoms with Crippen LogP contribution in [-0.2, 0) is 0 Å². The molecular formula is C16H12ClN5O2. The van der Waals surface area contributed by atoms with E-state index in [2.05, 4.69) is 20.5 Å². The van der Waals surface area contributed by atoms with Crippen LogP contribution in [0.1, 0.15) is 21.5 Å². The predicted molar refractivity (Wildman–Crippen MR) is 90.5 cm³/mol. The summed E-state index contributed by atoms with van der Waals surface area (Å²) in [6, 6.07) is 6.63. The molecule has 120 valence electrons. The zero-order chi connectivity index (χ0) is 17.1. The standard InChI is InChI=1S/C16H12ClN5O2/c1-10-2-3-13-20-14(17)12(16(24)22(13)9-10)8-19-21-15(23)11-4-6-18-7-5-11/h2-9H,1H3,(H,21,23)/b19-8-. The van der Waals surface area contributed by atoms with E-state index in [4.69, 9.17) is 11.6 Å². The summed E-state index contributed by atoms with van der Waals surface area (Å²) in [5.74, 6) is -0.422. The SMILES string of the molecule is Cc1ccc2nc(Cl)c(/C=N\NC(=O)c3ccncc3)c(=O)n2c1. The Labute approximate surface area is 141 Å². The Morgan fingerprint density at radius 2 is 2.04 bits per heavy atom. The minimum Gasteiger partial charge on any atom is -0.268 e. The third kappa shape index (κ3) is 3.16. The van der Waals surface area contributed by atoms with Crippen molar-refractivity contribution in [1.82, 2.24) is 19.8 Å². The molecule has 0 saturated heterocycles. The van der Waals surface area contributed by atoms with Crippen LogP contribution in [0.2, 0.25) is 5.15 Å². The number of aryl methyl sites for hydroxylation is 1. The van der Waals surface area contributed by atoms with E-state index in [-0.39, 0.29) is 16.3 Å². The Balaban J connectivity index is 1.90. The lowest BCUT2D eigenvalue weighted by atomic mass is 10.3. The van der Waals surface area contributed by atoms with E-state index >= 15 is 0 Å². The molecule has 8 heteroatoms. The number of nitrogens with zero attached hydrogens (tertiary/aromatic N) is 4. The number of hydrazone groups is 1. The number of halogens is 1. The molecule has 3 aromatic heterocycles. The molecule has 0 bridgehead atoms. The zero-order valence-corrected chi connectivity index (χ0v) is 13.4. The van der Waals surface area contributed by atoms with E-state index in [1.807, 2.05) is 13.0 Å². The zero-order valence-electron chi connectivity index (χ0n) is 12.6. The summed E-state index contributed by atoms with van der Waals surface area (Å²) in [6.45, 7) is 1.86. The molecule has 0 spiro atoms. The molecule has 0 unspecified atom stereocenters. The largest absolute Gasteiger partial charge is 0.271 e. The summed E-state index contributed by atoms with van der Waals surface area (Å²) >= 11 is 6.04. The number of pyridine rings is 2. The molecule has 0 radical (unpaired) electrons. The van der Waals surface area contributed by atoms with Crippen LogP contribution in [-0.4, -0.2) is 26.5 Å². The van der Waals surface area contributed by atoms with Crippen LogP contribution < -0.4 is 11.0 Å². The van der Waals surface area contributed by atoms with E-state index in [1.54, 1.807) is 24.4 Å². The van der Waals surface area contributed by atoms with Crippen molar-refractivity contribution in [2.75, 3.05) is 0 Å². The first-order chi connectivity index (χ1) is 11.6. The van der Waals surface area contributed by atoms with Crippen LogP contribution in [0.4, 0.5) is 0 Å². The topological polar surface area (TPSA) is 88.7 Å². The van der Waals surface area contributed by atoms with E-state index in [9.17, 15) is 9.59 Å². The van der Waals surface area contributed by atoms with Crippen molar-refractivity contribution < 1.29 is 4.79 Å². The second-order valence-electron chi connectivity index (χ2n) is 4.99. The van der Waals surface area contributed by atoms with Crippen LogP contribution in [0.15, 0.2) is 52.8 Å². The summed E-state index contributed by atoms with van der Waals surface area (Å²) in [6.07, 6.45) is 5.84. The average Bonchev–Trinajstić information content (AvgIpc) is 2.59. The summed E-state index contributed by atoms with van der Waals surface area (Å²) in [7, 11) is 0. The highest BCUT2D eigenvalue weighted by Gasteiger charge is 2.10. The third-order valence-electron chi connectivity index (χ3n) is 3.26. The van der Waals surface area contributed by atoms with Gasteiger partial charge in [0.25, 0.3) is 11.5 Å². The van der Waals surface area contributed by atoms with Gasteiger partial charge in [0.15, 0.2) is 0 Å². The van der Waals surface area contributed by atoms with Crippen LogP contribution in [0.5, 0.6) is 0 Å². The van der Waals surface area contributed by atoms with Gasteiger partial charge in [0, 0.05) is 24.2 Å². The molecule has 0 aliphatic heterocycles. The first kappa shape index (κ1) is 15.8. The normalized spacial score (nSPS) is 11.1. The van der Waals surface area contributed by atoms with Gasteiger partial charge in [-0.05, 0) is 30.7 Å². The second-order valence-corrected chi connectivity index (χ2v) is 5.35. The first-order valence-corrected chi connectivity index (χ1v) is 7.36. The van der Waals surface area contributed by atoms with E-state index in [1.165, 1.54) is 23.0 Å². The molecule has 0 fully saturated rings. The smallest absolute Gasteiger partial charge is 0.268 e. The van der Waals surface area contributed by atoms with Gasteiger partial charge < -0.3 is 0 Å². The molecule has 0 aliphatic carbocycles. The number of rotatable bonds is 3. The summed E-state index contributed by atoms with van der Waals surface area (Å²) in [4.78, 5) is 32.3. The van der Waals surface area contributed by atoms with Gasteiger partial charge in [-0.15, -0.1) is 0 Å². The van der Waals surface area contributed by atoms with Crippen LogP contribution in [0.3, 0.4) is 0 Å². The molecule has 3 heterocycles. The molecule has 24 heavy (non-hydrogen) atoms. The minimum absolute atomic E-state index is 0.0192. The average molecular weight is 342 g/mol. The molecule has 0 aliphatic rings. The van der Waals surface area contributed by atoms with Crippen LogP contribution >= 0.6 is 11.6 Å². The van der Waals surface area contributed by atoms with Gasteiger partial charge in [0.05, 0.1) is 11.8 Å². The Hall–Kier alpha value is -3.06. The fraction of sp³-hybridized carbons (Fsp3) is 0.0625. The Bertz CT molecular complexity index is 999. The van der Waals surface area contributed by atoms with E-state index < -0.39 is 5.91 Å². The first-order valence-electron chi connectivity index (χ1n) is 6.98. The Kier molecular flexibility index (Phi) is 4.35. The maximum atomic E-state index is 12.5. The number of hydrogen-bond acceptors (Lipinski definition) is 5. The lowest BCUT2D eigenvalue weighted by molar-refractivity contribution is 0.0955. The van der Waals surface area contributed by atoms with Crippen molar-refractivity contribution in [2.24, 2.45) is 5.10 Å². The van der Waals surface area contributed by atoms with Crippen molar-refractivity contribution in [3.8, 4) is 0 Å². The molecular weight excluding hydrogens is 330 g/mol. The van der Waals surface area contributed by atoms with Crippen molar-refractivity contribution in [3.05, 3.63) is 75.1 Å². The highest BCUT2D eigenvalue weighted by molar-refractivity contribution is 6.32. The second kappa shape index (κ2) is 6.59. The summed E-state index contributed by atoms with van der Waals surface area (Å²) in [5, 5.41) is 3.81. The maximum absolute atomic E-state index is 12.5. The minimum atomic E-state index is -0.422. The van der Waals surface area contributed by atoms with Gasteiger partial charge in [0.2, 0.25) is 0 Å². The number of fused-ring (bicyclic) bond motifs is 1. The molecule has 3 aromatic rings. The van der Waals surface area contributed by atoms with Gasteiger partial charge in [-0.2, -0.15) is 5.10 Å². The quantitative estimate of drug-likeness (QED) is 0.447. The van der Waals surface area contributed by atoms with Crippen LogP contribution in [0, 0.1) is 6.92 Å². The highest BCUT2D eigenvalue weighted by atomic mass is 35.5. The van der Waals surface area contributed by atoms with Gasteiger partial charge in [-0.25, -0.2) is 10.4 Å². The number of aromatic nitrogens is 3. The molecule has 1 amide bonds. The number of nitrogens with one attached hydrogen (secondary N) is 1. The van der Waals surface area contributed by atoms with Gasteiger partial charge in [-0.3, -0.25) is 19.0 Å². The number of hydrogen-bond donors (Lipinski definition) is 1. The highest BCUT2D eigenvalue weighted by Crippen LogP contribution is 2.10. The number of amides is 1. The Morgan fingerprint density at radius 1 is 1.29 bits per heavy atom. The summed E-state index contributed by atoms with van der Waals surface area (Å²) in [5.41, 5.74) is 3.80. The van der Waals surface area contributed by atoms with Crippen molar-refractivity contribution in [2.45, 2.75) is 6.92 Å². The predicted octanol–water partition coefficient (Wildman–Crippen LogP) is 1.82. The van der Waals surface area contributed by atoms with Crippen molar-refractivity contribution in [1.29, 1.82) is 0 Å². The van der Waals surface area contributed by atoms with E-state index in [0.29, 0.717) is 11.2 Å². The molecule has 7 nitrogen and oxygen atoms in total. The molecule has 0 atom stereocenters. The number of carbonyl (C=O) groups excluding carboxylic acids is 1. The van der Waals surface area contributed by atoms with E-state index in [0.717, 1.165) is 5.56 Å². The summed E-state index contributed by atoms with van der Waals surface area (Å²) < 4.78 is 1.38. The molecule has 3 rings (SSSR count). The van der Waals surface area contributed by atoms with Gasteiger partial charge >= 0.3 is 0 Å².